The van der Waals surface area contributed by atoms with Gasteiger partial charge in [-0.25, -0.2) is 4.98 Å². The third-order valence-corrected chi connectivity index (χ3v) is 4.45. The first-order valence-electron chi connectivity index (χ1n) is 7.82. The van der Waals surface area contributed by atoms with E-state index in [0.717, 1.165) is 15.8 Å². The van der Waals surface area contributed by atoms with Gasteiger partial charge in [0.15, 0.2) is 0 Å². The second-order valence-electron chi connectivity index (χ2n) is 6.90. The summed E-state index contributed by atoms with van der Waals surface area (Å²) in [6.07, 6.45) is 1.85. The average molecular weight is 386 g/mol. The van der Waals surface area contributed by atoms with Crippen LogP contribution < -0.4 is 5.32 Å². The van der Waals surface area contributed by atoms with Gasteiger partial charge in [0.2, 0.25) is 0 Å². The number of rotatable bonds is 2. The van der Waals surface area contributed by atoms with Crippen molar-refractivity contribution < 1.29 is 4.79 Å². The van der Waals surface area contributed by atoms with E-state index < -0.39 is 0 Å². The molecule has 0 aliphatic rings. The molecule has 0 radical (unpaired) electrons. The number of anilines is 1. The quantitative estimate of drug-likeness (QED) is 0.677. The molecule has 24 heavy (non-hydrogen) atoms. The van der Waals surface area contributed by atoms with Crippen LogP contribution in [0.5, 0.6) is 0 Å². The number of nitrogens with zero attached hydrogens (tertiary/aromatic N) is 2. The average Bonchev–Trinajstić information content (AvgIpc) is 2.82. The number of hydrogen-bond donors (Lipinski definition) is 1. The maximum Gasteiger partial charge on any atom is 0.274 e. The highest BCUT2D eigenvalue weighted by molar-refractivity contribution is 9.10. The summed E-state index contributed by atoms with van der Waals surface area (Å²) in [4.78, 5) is 17.2. The summed E-state index contributed by atoms with van der Waals surface area (Å²) < 4.78 is 2.70. The lowest BCUT2D eigenvalue weighted by Crippen LogP contribution is -2.16. The minimum absolute atomic E-state index is 0.0903. The highest BCUT2D eigenvalue weighted by Crippen LogP contribution is 2.24. The van der Waals surface area contributed by atoms with Crippen molar-refractivity contribution in [3.8, 4) is 0 Å². The highest BCUT2D eigenvalue weighted by Gasteiger charge is 2.18. The monoisotopic (exact) mass is 385 g/mol. The Hall–Kier alpha value is -2.14. The number of amides is 1. The molecular formula is C19H20BrN3O. The van der Waals surface area contributed by atoms with Gasteiger partial charge < -0.3 is 5.32 Å². The fourth-order valence-corrected chi connectivity index (χ4v) is 2.99. The zero-order chi connectivity index (χ0) is 17.5. The third kappa shape index (κ3) is 3.22. The Kier molecular flexibility index (Phi) is 4.22. The Morgan fingerprint density at radius 3 is 2.42 bits per heavy atom. The van der Waals surface area contributed by atoms with E-state index in [1.54, 1.807) is 4.40 Å². The lowest BCUT2D eigenvalue weighted by atomic mass is 9.87. The van der Waals surface area contributed by atoms with Gasteiger partial charge in [0.05, 0.1) is 5.69 Å². The molecule has 0 unspecified atom stereocenters. The van der Waals surface area contributed by atoms with Gasteiger partial charge in [-0.05, 0) is 58.1 Å². The molecule has 0 fully saturated rings. The first-order valence-corrected chi connectivity index (χ1v) is 8.61. The number of pyridine rings is 1. The van der Waals surface area contributed by atoms with Crippen molar-refractivity contribution in [3.05, 3.63) is 64.0 Å². The minimum atomic E-state index is -0.165. The zero-order valence-corrected chi connectivity index (χ0v) is 15.8. The van der Waals surface area contributed by atoms with Crippen molar-refractivity contribution in [2.24, 2.45) is 0 Å². The van der Waals surface area contributed by atoms with Crippen LogP contribution in [0, 0.1) is 6.92 Å². The molecule has 0 aliphatic heterocycles. The van der Waals surface area contributed by atoms with Crippen molar-refractivity contribution in [2.75, 3.05) is 5.32 Å². The topological polar surface area (TPSA) is 46.4 Å². The highest BCUT2D eigenvalue weighted by atomic mass is 79.9. The SMILES string of the molecule is Cc1nc2ccc(Br)cn2c1C(=O)Nc1ccc(C(C)(C)C)cc1. The standard InChI is InChI=1S/C19H20BrN3O/c1-12-17(23-11-14(20)7-10-16(23)21-12)18(24)22-15-8-5-13(6-9-15)19(2,3)4/h5-11H,1-4H3,(H,22,24). The van der Waals surface area contributed by atoms with Crippen LogP contribution in [0.3, 0.4) is 0 Å². The van der Waals surface area contributed by atoms with Crippen LogP contribution in [0.4, 0.5) is 5.69 Å². The number of carbonyl (C=O) groups is 1. The number of benzene rings is 1. The van der Waals surface area contributed by atoms with Crippen LogP contribution >= 0.6 is 15.9 Å². The van der Waals surface area contributed by atoms with E-state index in [-0.39, 0.29) is 11.3 Å². The van der Waals surface area contributed by atoms with Gasteiger partial charge in [0.25, 0.3) is 5.91 Å². The van der Waals surface area contributed by atoms with E-state index in [0.29, 0.717) is 11.4 Å². The molecule has 0 saturated heterocycles. The van der Waals surface area contributed by atoms with Crippen molar-refractivity contribution in [2.45, 2.75) is 33.1 Å². The molecule has 3 rings (SSSR count). The van der Waals surface area contributed by atoms with E-state index >= 15 is 0 Å². The summed E-state index contributed by atoms with van der Waals surface area (Å²) in [5.74, 6) is -0.165. The first-order chi connectivity index (χ1) is 11.3. The molecule has 0 aliphatic carbocycles. The molecule has 4 nitrogen and oxygen atoms in total. The van der Waals surface area contributed by atoms with Gasteiger partial charge in [-0.15, -0.1) is 0 Å². The van der Waals surface area contributed by atoms with Crippen LogP contribution in [0.15, 0.2) is 47.1 Å². The maximum absolute atomic E-state index is 12.7. The predicted molar refractivity (Wildman–Crippen MR) is 101 cm³/mol. The molecule has 0 spiro atoms. The van der Waals surface area contributed by atoms with Gasteiger partial charge in [0.1, 0.15) is 11.3 Å². The molecule has 0 atom stereocenters. The zero-order valence-electron chi connectivity index (χ0n) is 14.2. The van der Waals surface area contributed by atoms with Crippen molar-refractivity contribution in [3.63, 3.8) is 0 Å². The van der Waals surface area contributed by atoms with Crippen molar-refractivity contribution >= 4 is 33.2 Å². The van der Waals surface area contributed by atoms with Crippen LogP contribution in [0.25, 0.3) is 5.65 Å². The minimum Gasteiger partial charge on any atom is -0.321 e. The number of fused-ring (bicyclic) bond motifs is 1. The lowest BCUT2D eigenvalue weighted by molar-refractivity contribution is 0.102. The Balaban J connectivity index is 1.90. The Bertz CT molecular complexity index is 905. The summed E-state index contributed by atoms with van der Waals surface area (Å²) in [5, 5.41) is 2.96. The largest absolute Gasteiger partial charge is 0.321 e. The summed E-state index contributed by atoms with van der Waals surface area (Å²) in [7, 11) is 0. The number of imidazole rings is 1. The molecule has 2 heterocycles. The smallest absolute Gasteiger partial charge is 0.274 e. The molecule has 1 N–H and O–H groups in total. The maximum atomic E-state index is 12.7. The summed E-state index contributed by atoms with van der Waals surface area (Å²) >= 11 is 3.44. The number of aryl methyl sites for hydroxylation is 1. The van der Waals surface area contributed by atoms with E-state index in [2.05, 4.69) is 47.0 Å². The number of nitrogens with one attached hydrogen (secondary N) is 1. The Morgan fingerprint density at radius 2 is 1.79 bits per heavy atom. The fraction of sp³-hybridized carbons (Fsp3) is 0.263. The van der Waals surface area contributed by atoms with Crippen LogP contribution in [0.2, 0.25) is 0 Å². The molecule has 124 valence electrons. The molecule has 2 aromatic heterocycles. The van der Waals surface area contributed by atoms with Crippen LogP contribution in [-0.4, -0.2) is 15.3 Å². The van der Waals surface area contributed by atoms with Gasteiger partial charge in [0, 0.05) is 16.4 Å². The van der Waals surface area contributed by atoms with Crippen LogP contribution in [0.1, 0.15) is 42.5 Å². The molecule has 5 heteroatoms. The van der Waals surface area contributed by atoms with Crippen molar-refractivity contribution in [1.82, 2.24) is 9.38 Å². The second-order valence-corrected chi connectivity index (χ2v) is 7.82. The molecule has 0 bridgehead atoms. The second kappa shape index (κ2) is 6.06. The summed E-state index contributed by atoms with van der Waals surface area (Å²) in [6, 6.07) is 11.8. The number of aromatic nitrogens is 2. The Labute approximate surface area is 150 Å². The molecular weight excluding hydrogens is 366 g/mol. The summed E-state index contributed by atoms with van der Waals surface area (Å²) in [5.41, 5.74) is 4.10. The predicted octanol–water partition coefficient (Wildman–Crippen LogP) is 4.96. The van der Waals surface area contributed by atoms with Gasteiger partial charge >= 0.3 is 0 Å². The van der Waals surface area contributed by atoms with E-state index in [1.807, 2.05) is 49.5 Å². The first kappa shape index (κ1) is 16.7. The lowest BCUT2D eigenvalue weighted by Gasteiger charge is -2.19. The molecule has 1 amide bonds. The van der Waals surface area contributed by atoms with Crippen LogP contribution in [-0.2, 0) is 5.41 Å². The normalized spacial score (nSPS) is 11.7. The summed E-state index contributed by atoms with van der Waals surface area (Å²) in [6.45, 7) is 8.35. The van der Waals surface area contributed by atoms with E-state index in [4.69, 9.17) is 0 Å². The molecule has 0 saturated carbocycles. The fourth-order valence-electron chi connectivity index (χ4n) is 2.65. The number of carbonyl (C=O) groups excluding carboxylic acids is 1. The van der Waals surface area contributed by atoms with E-state index in [1.165, 1.54) is 5.56 Å². The molecule has 1 aromatic carbocycles. The third-order valence-electron chi connectivity index (χ3n) is 3.98. The van der Waals surface area contributed by atoms with Gasteiger partial charge in [-0.1, -0.05) is 32.9 Å². The van der Waals surface area contributed by atoms with Gasteiger partial charge in [-0.2, -0.15) is 0 Å². The van der Waals surface area contributed by atoms with Crippen molar-refractivity contribution in [1.29, 1.82) is 0 Å². The number of halogens is 1. The molecule has 3 aromatic rings. The van der Waals surface area contributed by atoms with Gasteiger partial charge in [-0.3, -0.25) is 9.20 Å². The number of hydrogen-bond acceptors (Lipinski definition) is 2. The van der Waals surface area contributed by atoms with E-state index in [9.17, 15) is 4.79 Å². The Morgan fingerprint density at radius 1 is 1.12 bits per heavy atom.